The van der Waals surface area contributed by atoms with Gasteiger partial charge in [-0.15, -0.1) is 0 Å². The third-order valence-electron chi connectivity index (χ3n) is 1.91. The second-order valence-corrected chi connectivity index (χ2v) is 3.12. The number of hydrogen-bond acceptors (Lipinski definition) is 5. The monoisotopic (exact) mass is 173 g/mol. The van der Waals surface area contributed by atoms with Gasteiger partial charge in [-0.2, -0.15) is 0 Å². The summed E-state index contributed by atoms with van der Waals surface area (Å²) < 4.78 is 0. The number of hydrogen-bond donors (Lipinski definition) is 5. The van der Waals surface area contributed by atoms with Crippen molar-refractivity contribution < 1.29 is 0 Å². The summed E-state index contributed by atoms with van der Waals surface area (Å²) in [6.07, 6.45) is 0.990. The van der Waals surface area contributed by atoms with E-state index in [1.165, 1.54) is 0 Å². The molecule has 1 fully saturated rings. The topological polar surface area (TPSA) is 88.1 Å². The molecule has 1 aliphatic heterocycles. The average molecular weight is 173 g/mol. The number of nitrogens with one attached hydrogen (secondary N) is 3. The maximum Gasteiger partial charge on any atom is 0.0700 e. The highest BCUT2D eigenvalue weighted by Gasteiger charge is 2.09. The fourth-order valence-corrected chi connectivity index (χ4v) is 1.22. The molecule has 0 aromatic carbocycles. The van der Waals surface area contributed by atoms with Crippen LogP contribution in [0.25, 0.3) is 0 Å². The van der Waals surface area contributed by atoms with E-state index >= 15 is 0 Å². The lowest BCUT2D eigenvalue weighted by atomic mass is 10.3. The maximum atomic E-state index is 5.41. The summed E-state index contributed by atoms with van der Waals surface area (Å²) in [5.74, 6) is 0. The van der Waals surface area contributed by atoms with E-state index in [4.69, 9.17) is 11.5 Å². The standard InChI is InChI=1S/C7H19N5/c8-6(9)1-2-11-7-5-10-3-4-12-7/h6-7,10-12H,1-5,8-9H2. The van der Waals surface area contributed by atoms with Crippen molar-refractivity contribution in [2.24, 2.45) is 11.5 Å². The summed E-state index contributed by atoms with van der Waals surface area (Å²) in [5, 5.41) is 9.94. The lowest BCUT2D eigenvalue weighted by Gasteiger charge is -2.25. The van der Waals surface area contributed by atoms with Crippen molar-refractivity contribution in [1.82, 2.24) is 16.0 Å². The first kappa shape index (κ1) is 9.88. The maximum absolute atomic E-state index is 5.41. The van der Waals surface area contributed by atoms with Gasteiger partial charge in [-0.25, -0.2) is 0 Å². The second kappa shape index (κ2) is 5.45. The highest BCUT2D eigenvalue weighted by Crippen LogP contribution is 1.83. The van der Waals surface area contributed by atoms with Crippen molar-refractivity contribution in [2.75, 3.05) is 26.2 Å². The normalized spacial score (nSPS) is 24.8. The first-order chi connectivity index (χ1) is 5.79. The van der Waals surface area contributed by atoms with Crippen LogP contribution in [0.1, 0.15) is 6.42 Å². The van der Waals surface area contributed by atoms with Crippen LogP contribution in [0.2, 0.25) is 0 Å². The molecular weight excluding hydrogens is 154 g/mol. The molecule has 0 amide bonds. The van der Waals surface area contributed by atoms with Gasteiger partial charge in [0.1, 0.15) is 0 Å². The van der Waals surface area contributed by atoms with Crippen molar-refractivity contribution in [2.45, 2.75) is 18.8 Å². The van der Waals surface area contributed by atoms with Gasteiger partial charge in [-0.1, -0.05) is 0 Å². The summed E-state index contributed by atoms with van der Waals surface area (Å²) in [7, 11) is 0. The Balaban J connectivity index is 1.98. The molecule has 0 radical (unpaired) electrons. The van der Waals surface area contributed by atoms with E-state index < -0.39 is 0 Å². The quantitative estimate of drug-likeness (QED) is 0.309. The average Bonchev–Trinajstić information content (AvgIpc) is 2.05. The summed E-state index contributed by atoms with van der Waals surface area (Å²) in [4.78, 5) is 0. The van der Waals surface area contributed by atoms with E-state index in [0.29, 0.717) is 6.17 Å². The van der Waals surface area contributed by atoms with Crippen LogP contribution in [-0.2, 0) is 0 Å². The molecule has 72 valence electrons. The van der Waals surface area contributed by atoms with Gasteiger partial charge in [-0.3, -0.25) is 5.32 Å². The molecule has 0 aromatic heterocycles. The van der Waals surface area contributed by atoms with E-state index in [-0.39, 0.29) is 6.17 Å². The molecule has 0 spiro atoms. The molecule has 1 rings (SSSR count). The summed E-state index contributed by atoms with van der Waals surface area (Å²) in [6.45, 7) is 3.91. The molecule has 0 aliphatic carbocycles. The van der Waals surface area contributed by atoms with Gasteiger partial charge in [0.2, 0.25) is 0 Å². The highest BCUT2D eigenvalue weighted by atomic mass is 15.2. The van der Waals surface area contributed by atoms with E-state index in [1.807, 2.05) is 0 Å². The zero-order chi connectivity index (χ0) is 8.81. The summed E-state index contributed by atoms with van der Waals surface area (Å²) in [5.41, 5.74) is 10.8. The number of rotatable bonds is 4. The fraction of sp³-hybridized carbons (Fsp3) is 1.00. The van der Waals surface area contributed by atoms with Crippen LogP contribution >= 0.6 is 0 Å². The minimum absolute atomic E-state index is 0.200. The van der Waals surface area contributed by atoms with Crippen LogP contribution in [0.4, 0.5) is 0 Å². The Kier molecular flexibility index (Phi) is 4.49. The molecule has 0 aromatic rings. The van der Waals surface area contributed by atoms with Crippen LogP contribution in [0.3, 0.4) is 0 Å². The third kappa shape index (κ3) is 3.99. The lowest BCUT2D eigenvalue weighted by Crippen LogP contribution is -2.56. The van der Waals surface area contributed by atoms with Gasteiger partial charge < -0.3 is 22.1 Å². The predicted octanol–water partition coefficient (Wildman–Crippen LogP) is -2.27. The van der Waals surface area contributed by atoms with Gasteiger partial charge in [0, 0.05) is 19.6 Å². The van der Waals surface area contributed by atoms with Gasteiger partial charge in [-0.05, 0) is 13.0 Å². The third-order valence-corrected chi connectivity index (χ3v) is 1.91. The Morgan fingerprint density at radius 3 is 2.83 bits per heavy atom. The molecular formula is C7H19N5. The van der Waals surface area contributed by atoms with E-state index in [9.17, 15) is 0 Å². The Morgan fingerprint density at radius 2 is 2.25 bits per heavy atom. The minimum Gasteiger partial charge on any atom is -0.316 e. The Bertz CT molecular complexity index is 110. The molecule has 1 unspecified atom stereocenters. The zero-order valence-electron chi connectivity index (χ0n) is 7.34. The summed E-state index contributed by atoms with van der Waals surface area (Å²) in [6, 6.07) is 0. The van der Waals surface area contributed by atoms with Crippen molar-refractivity contribution >= 4 is 0 Å². The van der Waals surface area contributed by atoms with Crippen molar-refractivity contribution in [3.05, 3.63) is 0 Å². The highest BCUT2D eigenvalue weighted by molar-refractivity contribution is 4.73. The second-order valence-electron chi connectivity index (χ2n) is 3.12. The molecule has 0 saturated carbocycles. The minimum atomic E-state index is -0.200. The van der Waals surface area contributed by atoms with Crippen molar-refractivity contribution in [3.8, 4) is 0 Å². The largest absolute Gasteiger partial charge is 0.316 e. The Hall–Kier alpha value is -0.200. The Labute approximate surface area is 73.3 Å². The number of nitrogens with two attached hydrogens (primary N) is 2. The first-order valence-corrected chi connectivity index (χ1v) is 4.47. The van der Waals surface area contributed by atoms with Crippen LogP contribution in [0.15, 0.2) is 0 Å². The van der Waals surface area contributed by atoms with Crippen LogP contribution < -0.4 is 27.4 Å². The van der Waals surface area contributed by atoms with Crippen LogP contribution in [-0.4, -0.2) is 38.5 Å². The van der Waals surface area contributed by atoms with Gasteiger partial charge in [0.15, 0.2) is 0 Å². The number of piperazine rings is 1. The molecule has 0 bridgehead atoms. The van der Waals surface area contributed by atoms with Gasteiger partial charge in [0.05, 0.1) is 12.3 Å². The van der Waals surface area contributed by atoms with E-state index in [2.05, 4.69) is 16.0 Å². The molecule has 1 atom stereocenters. The molecule has 5 nitrogen and oxygen atoms in total. The smallest absolute Gasteiger partial charge is 0.0700 e. The molecule has 1 aliphatic rings. The van der Waals surface area contributed by atoms with Crippen LogP contribution in [0, 0.1) is 0 Å². The van der Waals surface area contributed by atoms with Crippen LogP contribution in [0.5, 0.6) is 0 Å². The predicted molar refractivity (Wildman–Crippen MR) is 49.4 cm³/mol. The first-order valence-electron chi connectivity index (χ1n) is 4.47. The van der Waals surface area contributed by atoms with Gasteiger partial charge in [0.25, 0.3) is 0 Å². The van der Waals surface area contributed by atoms with Gasteiger partial charge >= 0.3 is 0 Å². The SMILES string of the molecule is NC(N)CCNC1CNCCN1. The molecule has 7 N–H and O–H groups in total. The molecule has 5 heteroatoms. The van der Waals surface area contributed by atoms with Crippen molar-refractivity contribution in [1.29, 1.82) is 0 Å². The molecule has 1 saturated heterocycles. The molecule has 12 heavy (non-hydrogen) atoms. The van der Waals surface area contributed by atoms with E-state index in [1.54, 1.807) is 0 Å². The molecule has 1 heterocycles. The zero-order valence-corrected chi connectivity index (χ0v) is 7.34. The van der Waals surface area contributed by atoms with Crippen molar-refractivity contribution in [3.63, 3.8) is 0 Å². The van der Waals surface area contributed by atoms with E-state index in [0.717, 1.165) is 32.6 Å². The fourth-order valence-electron chi connectivity index (χ4n) is 1.22. The lowest BCUT2D eigenvalue weighted by molar-refractivity contribution is 0.355. The Morgan fingerprint density at radius 1 is 1.42 bits per heavy atom. The summed E-state index contributed by atoms with van der Waals surface area (Å²) >= 11 is 0.